The fraction of sp³-hybridized carbons (Fsp3) is 0.111. The van der Waals surface area contributed by atoms with Crippen molar-refractivity contribution < 1.29 is 4.92 Å². The minimum absolute atomic E-state index is 0.0287. The molecule has 1 aromatic heterocycles. The van der Waals surface area contributed by atoms with Gasteiger partial charge in [-0.1, -0.05) is 35.4 Å². The van der Waals surface area contributed by atoms with Gasteiger partial charge in [0.2, 0.25) is 17.6 Å². The lowest BCUT2D eigenvalue weighted by Gasteiger charge is -2.11. The predicted molar refractivity (Wildman–Crippen MR) is 102 cm³/mol. The van der Waals surface area contributed by atoms with Crippen molar-refractivity contribution in [2.45, 2.75) is 13.8 Å². The molecule has 0 spiro atoms. The minimum atomic E-state index is -0.596. The molecule has 0 atom stereocenters. The number of nitrogen functional groups attached to an aromatic ring is 1. The van der Waals surface area contributed by atoms with Crippen molar-refractivity contribution in [3.8, 4) is 0 Å². The maximum absolute atomic E-state index is 11.4. The Balaban J connectivity index is 1.97. The van der Waals surface area contributed by atoms with Crippen LogP contribution in [0.2, 0.25) is 0 Å². The van der Waals surface area contributed by atoms with Crippen LogP contribution in [0.15, 0.2) is 48.5 Å². The van der Waals surface area contributed by atoms with Crippen LogP contribution in [0.4, 0.5) is 34.6 Å². The number of nitrogens with zero attached hydrogens (tertiary/aromatic N) is 3. The molecule has 0 unspecified atom stereocenters. The van der Waals surface area contributed by atoms with Crippen LogP contribution in [0.1, 0.15) is 11.1 Å². The van der Waals surface area contributed by atoms with E-state index in [-0.39, 0.29) is 23.3 Å². The first kappa shape index (κ1) is 17.2. The SMILES string of the molecule is Cc1ccc(Nc2nc(N)c([N+](=O)[O-])c(Nc3ccc(C)cc3)n2)cc1. The van der Waals surface area contributed by atoms with E-state index in [1.807, 2.05) is 62.4 Å². The molecule has 8 nitrogen and oxygen atoms in total. The summed E-state index contributed by atoms with van der Waals surface area (Å²) < 4.78 is 0. The summed E-state index contributed by atoms with van der Waals surface area (Å²) in [6.07, 6.45) is 0. The van der Waals surface area contributed by atoms with Gasteiger partial charge in [-0.15, -0.1) is 0 Å². The van der Waals surface area contributed by atoms with E-state index in [4.69, 9.17) is 5.73 Å². The van der Waals surface area contributed by atoms with Crippen molar-refractivity contribution in [2.24, 2.45) is 0 Å². The van der Waals surface area contributed by atoms with E-state index < -0.39 is 4.92 Å². The van der Waals surface area contributed by atoms with Crippen LogP contribution in [-0.2, 0) is 0 Å². The second-order valence-electron chi connectivity index (χ2n) is 5.87. The van der Waals surface area contributed by atoms with Crippen LogP contribution >= 0.6 is 0 Å². The van der Waals surface area contributed by atoms with Crippen LogP contribution in [0, 0.1) is 24.0 Å². The van der Waals surface area contributed by atoms with Crippen LogP contribution in [0.25, 0.3) is 0 Å². The van der Waals surface area contributed by atoms with Gasteiger partial charge in [-0.05, 0) is 38.1 Å². The van der Waals surface area contributed by atoms with Crippen LogP contribution in [0.5, 0.6) is 0 Å². The molecular weight excluding hydrogens is 332 g/mol. The van der Waals surface area contributed by atoms with Crippen LogP contribution in [0.3, 0.4) is 0 Å². The van der Waals surface area contributed by atoms with Crippen LogP contribution < -0.4 is 16.4 Å². The second-order valence-corrected chi connectivity index (χ2v) is 5.87. The lowest BCUT2D eigenvalue weighted by Crippen LogP contribution is -2.08. The highest BCUT2D eigenvalue weighted by atomic mass is 16.6. The number of hydrogen-bond acceptors (Lipinski definition) is 7. The standard InChI is InChI=1S/C18H18N6O2/c1-11-3-7-13(8-4-11)20-17-15(24(25)26)16(19)22-18(23-17)21-14-9-5-12(2)6-10-14/h3-10H,1-2H3,(H4,19,20,21,22,23). The Bertz CT molecular complexity index is 939. The van der Waals surface area contributed by atoms with Crippen molar-refractivity contribution in [1.82, 2.24) is 9.97 Å². The number of benzene rings is 2. The molecule has 132 valence electrons. The van der Waals surface area contributed by atoms with E-state index in [0.717, 1.165) is 16.8 Å². The summed E-state index contributed by atoms with van der Waals surface area (Å²) >= 11 is 0. The number of anilines is 5. The van der Waals surface area contributed by atoms with Crippen LogP contribution in [-0.4, -0.2) is 14.9 Å². The Kier molecular flexibility index (Phi) is 4.66. The van der Waals surface area contributed by atoms with Gasteiger partial charge in [0.25, 0.3) is 0 Å². The maximum atomic E-state index is 11.4. The maximum Gasteiger partial charge on any atom is 0.353 e. The Morgan fingerprint density at radius 3 is 1.88 bits per heavy atom. The van der Waals surface area contributed by atoms with E-state index in [1.165, 1.54) is 0 Å². The summed E-state index contributed by atoms with van der Waals surface area (Å²) in [5.41, 5.74) is 9.05. The topological polar surface area (TPSA) is 119 Å². The van der Waals surface area contributed by atoms with Gasteiger partial charge in [0, 0.05) is 11.4 Å². The van der Waals surface area contributed by atoms with E-state index >= 15 is 0 Å². The second kappa shape index (κ2) is 7.06. The van der Waals surface area contributed by atoms with Gasteiger partial charge in [0.05, 0.1) is 4.92 Å². The molecule has 0 aliphatic carbocycles. The quantitative estimate of drug-likeness (QED) is 0.468. The first-order chi connectivity index (χ1) is 12.4. The zero-order valence-corrected chi connectivity index (χ0v) is 14.4. The van der Waals surface area contributed by atoms with Gasteiger partial charge in [0.1, 0.15) is 0 Å². The molecule has 0 amide bonds. The average molecular weight is 350 g/mol. The molecule has 0 radical (unpaired) electrons. The summed E-state index contributed by atoms with van der Waals surface area (Å²) in [4.78, 5) is 19.0. The number of hydrogen-bond donors (Lipinski definition) is 3. The number of rotatable bonds is 5. The lowest BCUT2D eigenvalue weighted by atomic mass is 10.2. The monoisotopic (exact) mass is 350 g/mol. The highest BCUT2D eigenvalue weighted by molar-refractivity contribution is 5.75. The van der Waals surface area contributed by atoms with Gasteiger partial charge in [-0.25, -0.2) is 0 Å². The molecule has 3 aromatic rings. The van der Waals surface area contributed by atoms with Crippen molar-refractivity contribution in [3.05, 3.63) is 69.8 Å². The number of aromatic nitrogens is 2. The van der Waals surface area contributed by atoms with Gasteiger partial charge >= 0.3 is 5.69 Å². The van der Waals surface area contributed by atoms with E-state index in [9.17, 15) is 10.1 Å². The molecule has 3 rings (SSSR count). The summed E-state index contributed by atoms with van der Waals surface area (Å²) in [5, 5.41) is 17.3. The summed E-state index contributed by atoms with van der Waals surface area (Å²) in [6.45, 7) is 3.94. The average Bonchev–Trinajstić information content (AvgIpc) is 2.58. The molecule has 4 N–H and O–H groups in total. The normalized spacial score (nSPS) is 10.4. The zero-order chi connectivity index (χ0) is 18.7. The van der Waals surface area contributed by atoms with E-state index in [0.29, 0.717) is 5.69 Å². The molecule has 1 heterocycles. The third kappa shape index (κ3) is 3.86. The highest BCUT2D eigenvalue weighted by Gasteiger charge is 2.23. The Labute approximate surface area is 150 Å². The Hall–Kier alpha value is -3.68. The van der Waals surface area contributed by atoms with Gasteiger partial charge < -0.3 is 16.4 Å². The van der Waals surface area contributed by atoms with Gasteiger partial charge in [-0.3, -0.25) is 10.1 Å². The Morgan fingerprint density at radius 1 is 0.885 bits per heavy atom. The van der Waals surface area contributed by atoms with Gasteiger partial charge in [0.15, 0.2) is 0 Å². The summed E-state index contributed by atoms with van der Waals surface area (Å²) in [5.74, 6) is -0.0123. The molecule has 0 saturated carbocycles. The molecule has 8 heteroatoms. The third-order valence-corrected chi connectivity index (χ3v) is 3.72. The summed E-state index contributed by atoms with van der Waals surface area (Å²) in [7, 11) is 0. The minimum Gasteiger partial charge on any atom is -0.378 e. The fourth-order valence-corrected chi connectivity index (χ4v) is 2.33. The molecule has 0 aliphatic rings. The van der Waals surface area contributed by atoms with Gasteiger partial charge in [-0.2, -0.15) is 9.97 Å². The molecule has 0 fully saturated rings. The smallest absolute Gasteiger partial charge is 0.353 e. The van der Waals surface area contributed by atoms with Crippen molar-refractivity contribution in [2.75, 3.05) is 16.4 Å². The third-order valence-electron chi connectivity index (χ3n) is 3.72. The molecular formula is C18H18N6O2. The predicted octanol–water partition coefficient (Wildman–Crippen LogP) is 4.07. The fourth-order valence-electron chi connectivity index (χ4n) is 2.33. The molecule has 0 bridgehead atoms. The van der Waals surface area contributed by atoms with Crippen molar-refractivity contribution >= 4 is 34.6 Å². The molecule has 26 heavy (non-hydrogen) atoms. The highest BCUT2D eigenvalue weighted by Crippen LogP contribution is 2.32. The summed E-state index contributed by atoms with van der Waals surface area (Å²) in [6, 6.07) is 15.0. The largest absolute Gasteiger partial charge is 0.378 e. The van der Waals surface area contributed by atoms with Crippen molar-refractivity contribution in [1.29, 1.82) is 0 Å². The number of nitrogens with one attached hydrogen (secondary N) is 2. The van der Waals surface area contributed by atoms with E-state index in [1.54, 1.807) is 0 Å². The number of aryl methyl sites for hydroxylation is 2. The Morgan fingerprint density at radius 2 is 1.38 bits per heavy atom. The van der Waals surface area contributed by atoms with Crippen molar-refractivity contribution in [3.63, 3.8) is 0 Å². The number of nitro groups is 1. The molecule has 2 aromatic carbocycles. The zero-order valence-electron chi connectivity index (χ0n) is 14.4. The molecule has 0 aliphatic heterocycles. The first-order valence-electron chi connectivity index (χ1n) is 7.91. The number of nitrogens with two attached hydrogens (primary N) is 1. The first-order valence-corrected chi connectivity index (χ1v) is 7.91. The lowest BCUT2D eigenvalue weighted by molar-refractivity contribution is -0.383. The van der Waals surface area contributed by atoms with E-state index in [2.05, 4.69) is 20.6 Å². The molecule has 0 saturated heterocycles.